The fourth-order valence-electron chi connectivity index (χ4n) is 0.866. The topological polar surface area (TPSA) is 79.3 Å². The Balaban J connectivity index is 2.50. The van der Waals surface area contributed by atoms with Gasteiger partial charge in [0.05, 0.1) is 18.7 Å². The molecule has 0 aliphatic heterocycles. The number of rotatable bonds is 4. The molecule has 1 aromatic rings. The van der Waals surface area contributed by atoms with Gasteiger partial charge in [-0.15, -0.1) is 11.3 Å². The molecule has 1 rings (SSSR count). The molecule has 76 valence electrons. The predicted octanol–water partition coefficient (Wildman–Crippen LogP) is 0.406. The molecule has 0 atom stereocenters. The normalized spacial score (nSPS) is 9.79. The van der Waals surface area contributed by atoms with Gasteiger partial charge in [0, 0.05) is 12.3 Å². The molecule has 0 aromatic carbocycles. The van der Waals surface area contributed by atoms with E-state index in [-0.39, 0.29) is 12.3 Å². The van der Waals surface area contributed by atoms with Crippen LogP contribution < -0.4 is 5.32 Å². The zero-order valence-corrected chi connectivity index (χ0v) is 8.43. The highest BCUT2D eigenvalue weighted by Gasteiger charge is 2.05. The molecule has 0 aliphatic carbocycles. The molecule has 0 unspecified atom stereocenters. The number of hydrogen-bond acceptors (Lipinski definition) is 4. The van der Waals surface area contributed by atoms with Gasteiger partial charge in [-0.05, 0) is 0 Å². The zero-order chi connectivity index (χ0) is 10.6. The summed E-state index contributed by atoms with van der Waals surface area (Å²) in [6, 6.07) is 0. The van der Waals surface area contributed by atoms with Crippen molar-refractivity contribution in [3.8, 4) is 0 Å². The van der Waals surface area contributed by atoms with Crippen molar-refractivity contribution in [2.24, 2.45) is 0 Å². The molecule has 5 nitrogen and oxygen atoms in total. The number of aliphatic carboxylic acids is 1. The van der Waals surface area contributed by atoms with E-state index >= 15 is 0 Å². The number of carbonyl (C=O) groups is 2. The number of nitrogens with zero attached hydrogens (tertiary/aromatic N) is 1. The summed E-state index contributed by atoms with van der Waals surface area (Å²) in [5, 5.41) is 13.5. The number of nitrogens with one attached hydrogen (secondary N) is 1. The van der Waals surface area contributed by atoms with Crippen molar-refractivity contribution in [2.75, 3.05) is 0 Å². The van der Waals surface area contributed by atoms with E-state index < -0.39 is 5.97 Å². The lowest BCUT2D eigenvalue weighted by molar-refractivity contribution is -0.136. The highest BCUT2D eigenvalue weighted by Crippen LogP contribution is 2.09. The first kappa shape index (κ1) is 10.6. The van der Waals surface area contributed by atoms with Gasteiger partial charge >= 0.3 is 5.97 Å². The zero-order valence-electron chi connectivity index (χ0n) is 7.61. The van der Waals surface area contributed by atoms with Gasteiger partial charge < -0.3 is 10.4 Å². The van der Waals surface area contributed by atoms with Crippen LogP contribution in [0.3, 0.4) is 0 Å². The van der Waals surface area contributed by atoms with Crippen molar-refractivity contribution in [3.05, 3.63) is 16.1 Å². The molecule has 0 fully saturated rings. The van der Waals surface area contributed by atoms with Crippen molar-refractivity contribution in [3.63, 3.8) is 0 Å². The number of carboxylic acids is 1. The van der Waals surface area contributed by atoms with Crippen LogP contribution in [0.1, 0.15) is 17.6 Å². The van der Waals surface area contributed by atoms with Crippen molar-refractivity contribution < 1.29 is 14.7 Å². The van der Waals surface area contributed by atoms with Crippen molar-refractivity contribution in [2.45, 2.75) is 19.9 Å². The van der Waals surface area contributed by atoms with Gasteiger partial charge in [-0.25, -0.2) is 4.98 Å². The Morgan fingerprint density at radius 1 is 1.64 bits per heavy atom. The molecule has 0 spiro atoms. The molecule has 0 radical (unpaired) electrons. The SMILES string of the molecule is CC(=O)NCc1nc(CC(=O)O)cs1. The van der Waals surface area contributed by atoms with Crippen molar-refractivity contribution in [1.29, 1.82) is 0 Å². The second-order valence-corrected chi connectivity index (χ2v) is 3.66. The minimum atomic E-state index is -0.902. The van der Waals surface area contributed by atoms with Gasteiger partial charge in [-0.1, -0.05) is 0 Å². The fourth-order valence-corrected chi connectivity index (χ4v) is 1.60. The van der Waals surface area contributed by atoms with Crippen LogP contribution in [-0.2, 0) is 22.6 Å². The minimum Gasteiger partial charge on any atom is -0.481 e. The van der Waals surface area contributed by atoms with Gasteiger partial charge in [0.15, 0.2) is 0 Å². The number of amides is 1. The van der Waals surface area contributed by atoms with Gasteiger partial charge in [0.2, 0.25) is 5.91 Å². The summed E-state index contributed by atoms with van der Waals surface area (Å²) in [6.07, 6.45) is -0.0728. The van der Waals surface area contributed by atoms with Gasteiger partial charge in [-0.2, -0.15) is 0 Å². The Bertz CT molecular complexity index is 348. The average Bonchev–Trinajstić information content (AvgIpc) is 2.47. The van der Waals surface area contributed by atoms with Crippen molar-refractivity contribution in [1.82, 2.24) is 10.3 Å². The van der Waals surface area contributed by atoms with E-state index in [0.717, 1.165) is 5.01 Å². The summed E-state index contributed by atoms with van der Waals surface area (Å²) in [6.45, 7) is 1.78. The van der Waals surface area contributed by atoms with E-state index in [1.54, 1.807) is 5.38 Å². The standard InChI is InChI=1S/C8H10N2O3S/c1-5(11)9-3-7-10-6(4-14-7)2-8(12)13/h4H,2-3H2,1H3,(H,9,11)(H,12,13). The van der Waals surface area contributed by atoms with Crippen molar-refractivity contribution >= 4 is 23.2 Å². The van der Waals surface area contributed by atoms with Crippen LogP contribution >= 0.6 is 11.3 Å². The highest BCUT2D eigenvalue weighted by atomic mass is 32.1. The van der Waals surface area contributed by atoms with Crippen LogP contribution in [-0.4, -0.2) is 22.0 Å². The van der Waals surface area contributed by atoms with E-state index in [4.69, 9.17) is 5.11 Å². The number of carboxylic acid groups (broad SMARTS) is 1. The molecule has 0 aliphatic rings. The average molecular weight is 214 g/mol. The molecule has 6 heteroatoms. The van der Waals surface area contributed by atoms with E-state index in [0.29, 0.717) is 12.2 Å². The molecule has 1 aromatic heterocycles. The number of hydrogen-bond donors (Lipinski definition) is 2. The summed E-state index contributed by atoms with van der Waals surface area (Å²) in [5.74, 6) is -1.03. The number of thiazole rings is 1. The Kier molecular flexibility index (Phi) is 3.58. The molecule has 0 bridgehead atoms. The Morgan fingerprint density at radius 2 is 2.36 bits per heavy atom. The lowest BCUT2D eigenvalue weighted by Gasteiger charge is -1.95. The molecular weight excluding hydrogens is 204 g/mol. The number of aromatic nitrogens is 1. The molecule has 0 saturated heterocycles. The Labute approximate surface area is 84.8 Å². The molecule has 1 amide bonds. The van der Waals surface area contributed by atoms with Gasteiger partial charge in [0.25, 0.3) is 0 Å². The maximum Gasteiger partial charge on any atom is 0.309 e. The van der Waals surface area contributed by atoms with E-state index in [9.17, 15) is 9.59 Å². The first-order valence-corrected chi connectivity index (χ1v) is 4.85. The third-order valence-corrected chi connectivity index (χ3v) is 2.32. The smallest absolute Gasteiger partial charge is 0.309 e. The fraction of sp³-hybridized carbons (Fsp3) is 0.375. The maximum absolute atomic E-state index is 10.6. The minimum absolute atomic E-state index is 0.0728. The third-order valence-electron chi connectivity index (χ3n) is 1.42. The maximum atomic E-state index is 10.6. The molecular formula is C8H10N2O3S. The van der Waals surface area contributed by atoms with Gasteiger partial charge in [-0.3, -0.25) is 9.59 Å². The second kappa shape index (κ2) is 4.71. The predicted molar refractivity (Wildman–Crippen MR) is 51.0 cm³/mol. The van der Waals surface area contributed by atoms with Gasteiger partial charge in [0.1, 0.15) is 5.01 Å². The molecule has 2 N–H and O–H groups in total. The first-order valence-electron chi connectivity index (χ1n) is 3.97. The van der Waals surface area contributed by atoms with Crippen LogP contribution in [0.15, 0.2) is 5.38 Å². The highest BCUT2D eigenvalue weighted by molar-refractivity contribution is 7.09. The van der Waals surface area contributed by atoms with E-state index in [2.05, 4.69) is 10.3 Å². The summed E-state index contributed by atoms with van der Waals surface area (Å²) in [5.41, 5.74) is 0.530. The van der Waals surface area contributed by atoms with Crippen LogP contribution in [0, 0.1) is 0 Å². The molecule has 14 heavy (non-hydrogen) atoms. The van der Waals surface area contributed by atoms with Crippen LogP contribution in [0.4, 0.5) is 0 Å². The Morgan fingerprint density at radius 3 is 2.93 bits per heavy atom. The van der Waals surface area contributed by atoms with Crippen LogP contribution in [0.2, 0.25) is 0 Å². The van der Waals surface area contributed by atoms with E-state index in [1.807, 2.05) is 0 Å². The lowest BCUT2D eigenvalue weighted by Crippen LogP contribution is -2.18. The largest absolute Gasteiger partial charge is 0.481 e. The Hall–Kier alpha value is -1.43. The second-order valence-electron chi connectivity index (χ2n) is 2.71. The van der Waals surface area contributed by atoms with Crippen LogP contribution in [0.25, 0.3) is 0 Å². The summed E-state index contributed by atoms with van der Waals surface area (Å²) < 4.78 is 0. The summed E-state index contributed by atoms with van der Waals surface area (Å²) in [7, 11) is 0. The quantitative estimate of drug-likeness (QED) is 0.760. The summed E-state index contributed by atoms with van der Waals surface area (Å²) in [4.78, 5) is 25.0. The lowest BCUT2D eigenvalue weighted by atomic mass is 10.3. The monoisotopic (exact) mass is 214 g/mol. The molecule has 1 heterocycles. The molecule has 0 saturated carbocycles. The number of carbonyl (C=O) groups excluding carboxylic acids is 1. The van der Waals surface area contributed by atoms with E-state index in [1.165, 1.54) is 18.3 Å². The van der Waals surface area contributed by atoms with Crippen LogP contribution in [0.5, 0.6) is 0 Å². The summed E-state index contributed by atoms with van der Waals surface area (Å²) >= 11 is 1.34. The third kappa shape index (κ3) is 3.53. The first-order chi connectivity index (χ1) is 6.58.